The van der Waals surface area contributed by atoms with E-state index in [-0.39, 0.29) is 17.9 Å². The Balaban J connectivity index is 0.000000362. The summed E-state index contributed by atoms with van der Waals surface area (Å²) in [6.45, 7) is 3.19. The number of aryl methyl sites for hydroxylation is 1. The van der Waals surface area contributed by atoms with Gasteiger partial charge in [-0.2, -0.15) is 16.8 Å². The number of aromatic nitrogens is 5. The Labute approximate surface area is 224 Å². The maximum Gasteiger partial charge on any atom is 0.327 e. The van der Waals surface area contributed by atoms with Gasteiger partial charge < -0.3 is 14.5 Å². The molecule has 0 aromatic carbocycles. The molecule has 0 amide bonds. The topological polar surface area (TPSA) is 207 Å². The molecule has 5 rings (SSSR count). The van der Waals surface area contributed by atoms with Crippen molar-refractivity contribution in [3.05, 3.63) is 46.8 Å². The van der Waals surface area contributed by atoms with Crippen LogP contribution in [0.5, 0.6) is 0 Å². The summed E-state index contributed by atoms with van der Waals surface area (Å²) >= 11 is 0. The third-order valence-electron chi connectivity index (χ3n) is 5.83. The molecule has 214 valence electrons. The second-order valence-electron chi connectivity index (χ2n) is 9.01. The van der Waals surface area contributed by atoms with Crippen LogP contribution in [0.3, 0.4) is 0 Å². The van der Waals surface area contributed by atoms with Crippen LogP contribution < -0.4 is 5.69 Å². The molecule has 0 bridgehead atoms. The van der Waals surface area contributed by atoms with E-state index in [1.165, 1.54) is 0 Å². The largest absolute Gasteiger partial charge is 0.381 e. The van der Waals surface area contributed by atoms with Crippen molar-refractivity contribution < 1.29 is 35.4 Å². The highest BCUT2D eigenvalue weighted by Crippen LogP contribution is 2.29. The molecule has 1 saturated heterocycles. The zero-order chi connectivity index (χ0) is 29.0. The van der Waals surface area contributed by atoms with Crippen molar-refractivity contribution in [2.75, 3.05) is 26.2 Å². The molecule has 4 aromatic rings. The Hall–Kier alpha value is -3.15. The normalized spacial score (nSPS) is 17.8. The Morgan fingerprint density at radius 2 is 1.77 bits per heavy atom. The molecule has 0 unspecified atom stereocenters. The highest BCUT2D eigenvalue weighted by atomic mass is 32.2. The Bertz CT molecular complexity index is 1660. The van der Waals surface area contributed by atoms with Crippen LogP contribution in [0.2, 0.25) is 0 Å². The molecule has 14 nitrogen and oxygen atoms in total. The van der Waals surface area contributed by atoms with Crippen molar-refractivity contribution >= 4 is 42.4 Å². The van der Waals surface area contributed by atoms with E-state index in [0.29, 0.717) is 31.3 Å². The zero-order valence-electron chi connectivity index (χ0n) is 21.8. The molecule has 1 fully saturated rings. The van der Waals surface area contributed by atoms with Crippen LogP contribution in [0.4, 0.5) is 0 Å². The predicted octanol–water partition coefficient (Wildman–Crippen LogP) is 1.78. The molecular weight excluding hydrogens is 554 g/mol. The van der Waals surface area contributed by atoms with Gasteiger partial charge in [0.05, 0.1) is 36.8 Å². The summed E-state index contributed by atoms with van der Waals surface area (Å²) in [5, 5.41) is 1.08. The Morgan fingerprint density at radius 3 is 2.41 bits per heavy atom. The third kappa shape index (κ3) is 8.94. The van der Waals surface area contributed by atoms with Crippen molar-refractivity contribution in [3.8, 4) is 11.1 Å². The van der Waals surface area contributed by atoms with Crippen molar-refractivity contribution in [3.63, 3.8) is 0 Å². The van der Waals surface area contributed by atoms with E-state index >= 15 is 0 Å². The van der Waals surface area contributed by atoms with Gasteiger partial charge in [0.25, 0.3) is 20.2 Å². The summed E-state index contributed by atoms with van der Waals surface area (Å²) in [7, 11) is -5.61. The average molecular weight is 586 g/mol. The van der Waals surface area contributed by atoms with E-state index in [2.05, 4.69) is 26.9 Å². The van der Waals surface area contributed by atoms with Crippen molar-refractivity contribution in [1.82, 2.24) is 24.5 Å². The van der Waals surface area contributed by atoms with Crippen molar-refractivity contribution in [1.29, 1.82) is 0 Å². The number of ether oxygens (including phenoxy) is 2. The van der Waals surface area contributed by atoms with Crippen LogP contribution in [0.1, 0.15) is 18.4 Å². The Morgan fingerprint density at radius 1 is 1.13 bits per heavy atom. The standard InChI is InChI=1S/C21H23N5O3.2CH4O3S/c1-12-16-3-5-22-19(16)24-10-17(12)13-7-18-20(23-9-13)25-21(27)26(18)11-15-8-14(28-2)4-6-29-15;2*1-5(2,3)4/h3,5,7,9-10,14-15H,4,6,8,11H2,1-2H3,(H,22,24)(H,23,25,27);2*1H3,(H,2,3,4)/t14-,15+;;/m1../s1. The lowest BCUT2D eigenvalue weighted by Crippen LogP contribution is -2.35. The van der Waals surface area contributed by atoms with Gasteiger partial charge in [-0.25, -0.2) is 14.8 Å². The van der Waals surface area contributed by atoms with Crippen LogP contribution in [0.15, 0.2) is 35.5 Å². The van der Waals surface area contributed by atoms with Gasteiger partial charge >= 0.3 is 5.69 Å². The van der Waals surface area contributed by atoms with Gasteiger partial charge in [-0.15, -0.1) is 0 Å². The first-order chi connectivity index (χ1) is 18.1. The predicted molar refractivity (Wildman–Crippen MR) is 145 cm³/mol. The molecular formula is C23H31N5O9S2. The summed E-state index contributed by atoms with van der Waals surface area (Å²) in [6.07, 6.45) is 8.71. The number of hydrogen-bond donors (Lipinski definition) is 4. The zero-order valence-corrected chi connectivity index (χ0v) is 23.4. The van der Waals surface area contributed by atoms with Crippen molar-refractivity contribution in [2.45, 2.75) is 38.5 Å². The second-order valence-corrected chi connectivity index (χ2v) is 11.9. The molecule has 0 radical (unpaired) electrons. The minimum atomic E-state index is -3.67. The average Bonchev–Trinajstić information content (AvgIpc) is 3.42. The number of pyridine rings is 2. The quantitative estimate of drug-likeness (QED) is 0.254. The number of hydrogen-bond acceptors (Lipinski definition) is 9. The molecule has 2 atom stereocenters. The fraction of sp³-hybridized carbons (Fsp3) is 0.435. The Kier molecular flexibility index (Phi) is 9.63. The highest BCUT2D eigenvalue weighted by Gasteiger charge is 2.24. The van der Waals surface area contributed by atoms with E-state index in [0.717, 1.165) is 46.1 Å². The van der Waals surface area contributed by atoms with Gasteiger partial charge in [0.1, 0.15) is 5.65 Å². The van der Waals surface area contributed by atoms with Crippen LogP contribution >= 0.6 is 0 Å². The summed E-state index contributed by atoms with van der Waals surface area (Å²) < 4.78 is 64.8. The summed E-state index contributed by atoms with van der Waals surface area (Å²) in [4.78, 5) is 27.6. The van der Waals surface area contributed by atoms with E-state index in [1.807, 2.05) is 24.5 Å². The lowest BCUT2D eigenvalue weighted by molar-refractivity contribution is -0.0638. The number of nitrogens with one attached hydrogen (secondary N) is 2. The monoisotopic (exact) mass is 585 g/mol. The summed E-state index contributed by atoms with van der Waals surface area (Å²) in [5.74, 6) is 0. The molecule has 0 saturated carbocycles. The van der Waals surface area contributed by atoms with Gasteiger partial charge in [0.15, 0.2) is 5.65 Å². The number of fused-ring (bicyclic) bond motifs is 2. The van der Waals surface area contributed by atoms with E-state index in [4.69, 9.17) is 18.6 Å². The maximum atomic E-state index is 12.6. The van der Waals surface area contributed by atoms with Crippen molar-refractivity contribution in [2.24, 2.45) is 0 Å². The highest BCUT2D eigenvalue weighted by molar-refractivity contribution is 7.85. The lowest BCUT2D eigenvalue weighted by Gasteiger charge is -2.28. The van der Waals surface area contributed by atoms with Crippen LogP contribution in [-0.2, 0) is 36.3 Å². The molecule has 1 aliphatic rings. The molecule has 4 aromatic heterocycles. The van der Waals surface area contributed by atoms with Gasteiger partial charge in [0.2, 0.25) is 0 Å². The summed E-state index contributed by atoms with van der Waals surface area (Å²) in [5.41, 5.74) is 5.08. The van der Waals surface area contributed by atoms with Crippen LogP contribution in [0, 0.1) is 6.92 Å². The molecule has 4 N–H and O–H groups in total. The minimum absolute atomic E-state index is 0.0614. The summed E-state index contributed by atoms with van der Waals surface area (Å²) in [6, 6.07) is 4.02. The van der Waals surface area contributed by atoms with E-state index in [1.54, 1.807) is 17.9 Å². The molecule has 39 heavy (non-hydrogen) atoms. The first-order valence-electron chi connectivity index (χ1n) is 11.6. The number of H-pyrrole nitrogens is 2. The maximum absolute atomic E-state index is 12.6. The van der Waals surface area contributed by atoms with E-state index < -0.39 is 20.2 Å². The molecule has 16 heteroatoms. The first-order valence-corrected chi connectivity index (χ1v) is 15.3. The van der Waals surface area contributed by atoms with Gasteiger partial charge in [-0.05, 0) is 31.0 Å². The minimum Gasteiger partial charge on any atom is -0.381 e. The van der Waals surface area contributed by atoms with Crippen LogP contribution in [-0.4, -0.2) is 88.9 Å². The van der Waals surface area contributed by atoms with Gasteiger partial charge in [-0.3, -0.25) is 18.7 Å². The molecule has 0 aliphatic carbocycles. The van der Waals surface area contributed by atoms with Gasteiger partial charge in [-0.1, -0.05) is 0 Å². The van der Waals surface area contributed by atoms with E-state index in [9.17, 15) is 21.6 Å². The number of methoxy groups -OCH3 is 1. The fourth-order valence-electron chi connectivity index (χ4n) is 4.18. The van der Waals surface area contributed by atoms with Gasteiger partial charge in [0, 0.05) is 55.2 Å². The molecule has 1 aliphatic heterocycles. The molecule has 0 spiro atoms. The molecule has 5 heterocycles. The smallest absolute Gasteiger partial charge is 0.327 e. The fourth-order valence-corrected chi connectivity index (χ4v) is 4.18. The number of imidazole rings is 1. The van der Waals surface area contributed by atoms with Crippen LogP contribution in [0.25, 0.3) is 33.3 Å². The third-order valence-corrected chi connectivity index (χ3v) is 5.83. The number of nitrogens with zero attached hydrogens (tertiary/aromatic N) is 3. The number of rotatable bonds is 4. The first kappa shape index (κ1) is 30.4. The SMILES string of the molecule is CO[C@@H]1CCO[C@H](Cn2c(=O)[nH]c3ncc(-c4cnc5[nH]ccc5c4C)cc32)C1.CS(=O)(=O)O.CS(=O)(=O)O. The number of aromatic amines is 2. The lowest BCUT2D eigenvalue weighted by atomic mass is 10.0. The second kappa shape index (κ2) is 12.4.